The number of rotatable bonds is 34. The fourth-order valence-electron chi connectivity index (χ4n) is 20.6. The van der Waals surface area contributed by atoms with Gasteiger partial charge in [0.05, 0.1) is 125 Å². The van der Waals surface area contributed by atoms with Gasteiger partial charge < -0.3 is 81.7 Å². The van der Waals surface area contributed by atoms with Crippen LogP contribution < -0.4 is 81.7 Å². The predicted molar refractivity (Wildman–Crippen MR) is 578 cm³/mol. The zero-order valence-corrected chi connectivity index (χ0v) is 86.0. The molecule has 0 atom stereocenters. The van der Waals surface area contributed by atoms with Gasteiger partial charge in [-0.1, -0.05) is 211 Å². The molecule has 6 aromatic heterocycles. The van der Waals surface area contributed by atoms with Crippen LogP contribution in [-0.2, 0) is 39.0 Å². The molecule has 0 N–H and O–H groups in total. The van der Waals surface area contributed by atoms with Gasteiger partial charge in [-0.2, -0.15) is 0 Å². The number of ether oxygens (including phenoxy) is 12. The minimum absolute atomic E-state index is 0. The summed E-state index contributed by atoms with van der Waals surface area (Å²) in [5, 5.41) is 0. The third-order valence-electron chi connectivity index (χ3n) is 27.3. The third-order valence-corrected chi connectivity index (χ3v) is 27.3. The smallest absolute Gasteiger partial charge is 0.657 e. The monoisotopic (exact) mass is 2010 g/mol. The Labute approximate surface area is 866 Å². The van der Waals surface area contributed by atoms with E-state index in [1.807, 2.05) is 110 Å². The van der Waals surface area contributed by atoms with Crippen LogP contribution in [0.1, 0.15) is 146 Å². The Hall–Kier alpha value is -15.7. The summed E-state index contributed by atoms with van der Waals surface area (Å²) in [7, 11) is 19.4. The van der Waals surface area contributed by atoms with E-state index in [1.54, 1.807) is 91.4 Å². The number of para-hydroxylation sites is 2. The van der Waals surface area contributed by atoms with E-state index in [9.17, 15) is 0 Å². The summed E-state index contributed by atoms with van der Waals surface area (Å²) in [5.41, 5.74) is 28.4. The van der Waals surface area contributed by atoms with Crippen LogP contribution in [0.5, 0.6) is 69.0 Å². The van der Waals surface area contributed by atoms with Gasteiger partial charge in [0.2, 0.25) is 23.0 Å². The standard InChI is InChI=1S/C122H113N9O12.2Co/c1-17-20-22-30-60-122(61-31-23-21-18-2)89-62-75(39-46-87(89)88-47-40-76(63-90(88)122)113-96-53-57-101(128-96)115(78-66-106(134-7)119(141-14)107(67-78)135-8)93-48-41-81(124-93)72-82-42-49-94(125-82)116(102-58-54-97(113)129-102)79-68-108(136-9)120(142-15)109(69-79)137-10)112-95-52-56-99(127-95)114(77-64-104(132-5)118(140-13)105(65-77)133-6)91(19-3)123-73(4)86(45-38-74-36-43-85(44-37-74)131(83-32-26-24-27-33-83)84-34-28-25-29-35-84)92-50-51-100(126-92)117(103-59-55-98(112)130-103)80-70-110(138-11)121(143-16)111(71-80)139-12;;/h19,24-29,32-59,62-72H,3,17-18,20-23,30-31,60-61H2,1-2,4-16H3;;/q-4;2*+2/b45-38+,81-72?,82-72?,86-73?,92-86?,112-95?,112-98?,113-96?,113-97?,114-91?,114-99?,115-93?,115-101?,116-94?,116-102?,117-100?,117-103?,123-73?,123-91?;;. The van der Waals surface area contributed by atoms with Crippen molar-refractivity contribution >= 4 is 116 Å². The molecule has 4 aliphatic rings. The molecule has 15 aromatic rings. The van der Waals surface area contributed by atoms with E-state index in [4.69, 9.17) is 96.7 Å². The number of hydrogen-bond donors (Lipinski definition) is 0. The van der Waals surface area contributed by atoms with E-state index in [0.29, 0.717) is 181 Å². The molecule has 0 unspecified atom stereocenters. The zero-order chi connectivity index (χ0) is 99.1. The average Bonchev–Trinajstić information content (AvgIpc) is 1.55. The summed E-state index contributed by atoms with van der Waals surface area (Å²) >= 11 is 0. The minimum Gasteiger partial charge on any atom is -0.657 e. The van der Waals surface area contributed by atoms with Gasteiger partial charge in [-0.15, -0.1) is 44.1 Å². The Morgan fingerprint density at radius 3 is 1.03 bits per heavy atom. The van der Waals surface area contributed by atoms with Crippen molar-refractivity contribution in [3.05, 3.63) is 299 Å². The van der Waals surface area contributed by atoms with E-state index >= 15 is 0 Å². The van der Waals surface area contributed by atoms with E-state index in [2.05, 4.69) is 195 Å². The maximum absolute atomic E-state index is 6.19. The second-order valence-corrected chi connectivity index (χ2v) is 35.5. The van der Waals surface area contributed by atoms with Gasteiger partial charge in [0, 0.05) is 28.2 Å². The molecule has 21 nitrogen and oxygen atoms in total. The summed E-state index contributed by atoms with van der Waals surface area (Å²) in [6.45, 7) is 11.1. The average molecular weight is 2020 g/mol. The van der Waals surface area contributed by atoms with Gasteiger partial charge in [0.25, 0.3) is 0 Å². The SMILES string of the molecule is C=Cc1nc(C)c(/C=C/c2ccc(N(c3ccccc3)c3ccccc3)cc2)c2ccc([n-]2)c(-c2cc(OC)c(OC)c(OC)c2)c2nc(c(-c3ccc4c(c3)C(CCCCCC)(CCCCCC)c3cc(-c5c6nc(c(-c7cc(OC)c(OC)c(OC)c7)c7ccc(cc8nc(c(-c9cc(OC)c(OC)c(OC)c9)c9ccc5[n-]9)C=C8)[n-]7)C=C6)ccc3-4)c3ccc([n-]3)c1-c1cc(OC)c(OC)c(OC)c1)C=C2.[Co+2].[Co+2]. The Bertz CT molecular complexity index is 7700. The number of nitrogens with zero attached hydrogens (tertiary/aromatic N) is 9. The van der Waals surface area contributed by atoms with Crippen molar-refractivity contribution in [2.45, 2.75) is 90.4 Å². The quantitative estimate of drug-likeness (QED) is 0.0342. The van der Waals surface area contributed by atoms with Crippen molar-refractivity contribution in [2.24, 2.45) is 0 Å². The second kappa shape index (κ2) is 44.5. The van der Waals surface area contributed by atoms with Gasteiger partial charge in [-0.05, 0) is 260 Å². The normalized spacial score (nSPS) is 12.1. The van der Waals surface area contributed by atoms with Gasteiger partial charge in [-0.3, -0.25) is 4.98 Å². The summed E-state index contributed by atoms with van der Waals surface area (Å²) in [5.74, 6) is 5.47. The summed E-state index contributed by atoms with van der Waals surface area (Å²) in [6, 6.07) is 77.4. The first-order valence-electron chi connectivity index (χ1n) is 48.3. The Balaban J connectivity index is 0.00000720. The van der Waals surface area contributed by atoms with E-state index in [-0.39, 0.29) is 33.6 Å². The fraction of sp³-hybridized carbons (Fsp3) is 0.213. The molecule has 14 bridgehead atoms. The molecular formula is C122H113Co2N9O12. The van der Waals surface area contributed by atoms with Crippen LogP contribution >= 0.6 is 0 Å². The van der Waals surface area contributed by atoms with Crippen LogP contribution in [-0.4, -0.2) is 105 Å². The van der Waals surface area contributed by atoms with Crippen molar-refractivity contribution in [1.29, 1.82) is 0 Å². The first-order chi connectivity index (χ1) is 70.1. The van der Waals surface area contributed by atoms with Gasteiger partial charge in [0.15, 0.2) is 46.0 Å². The van der Waals surface area contributed by atoms with Crippen LogP contribution in [0, 0.1) is 6.92 Å². The number of hydrogen-bond acceptors (Lipinski definition) is 17. The first kappa shape index (κ1) is 101. The Kier molecular flexibility index (Phi) is 30.9. The molecule has 2 radical (unpaired) electrons. The zero-order valence-electron chi connectivity index (χ0n) is 83.9. The van der Waals surface area contributed by atoms with E-state index in [1.165, 1.54) is 11.1 Å². The number of fused-ring (bicyclic) bond motifs is 17. The van der Waals surface area contributed by atoms with Crippen molar-refractivity contribution in [3.63, 3.8) is 0 Å². The fourth-order valence-corrected chi connectivity index (χ4v) is 20.6. The molecule has 3 aliphatic heterocycles. The largest absolute Gasteiger partial charge is 2.00 e. The summed E-state index contributed by atoms with van der Waals surface area (Å²) in [4.78, 5) is 47.8. The van der Waals surface area contributed by atoms with Crippen molar-refractivity contribution in [1.82, 2.24) is 39.9 Å². The molecule has 0 saturated heterocycles. The molecule has 9 heterocycles. The van der Waals surface area contributed by atoms with Crippen LogP contribution in [0.15, 0.2) is 231 Å². The summed E-state index contributed by atoms with van der Waals surface area (Å²) < 4.78 is 72.9. The number of aromatic nitrogens is 8. The van der Waals surface area contributed by atoms with Crippen molar-refractivity contribution < 1.29 is 90.4 Å². The van der Waals surface area contributed by atoms with Crippen LogP contribution in [0.3, 0.4) is 0 Å². The van der Waals surface area contributed by atoms with Gasteiger partial charge in [-0.25, -0.2) is 15.0 Å². The number of unbranched alkanes of at least 4 members (excludes halogenated alkanes) is 6. The molecule has 9 aromatic carbocycles. The third kappa shape index (κ3) is 19.5. The predicted octanol–water partition coefficient (Wildman–Crippen LogP) is 28.6. The number of aryl methyl sites for hydroxylation is 1. The molecule has 1 aliphatic carbocycles. The second-order valence-electron chi connectivity index (χ2n) is 35.5. The van der Waals surface area contributed by atoms with Crippen LogP contribution in [0.25, 0.3) is 177 Å². The minimum atomic E-state index is -0.561. The van der Waals surface area contributed by atoms with Crippen LogP contribution in [0.2, 0.25) is 0 Å². The van der Waals surface area contributed by atoms with E-state index in [0.717, 1.165) is 148 Å². The summed E-state index contributed by atoms with van der Waals surface area (Å²) in [6.07, 6.45) is 28.3. The first-order valence-corrected chi connectivity index (χ1v) is 48.3. The molecule has 0 saturated carbocycles. The van der Waals surface area contributed by atoms with Crippen LogP contribution in [0.4, 0.5) is 17.1 Å². The molecule has 19 rings (SSSR count). The number of benzene rings is 9. The Morgan fingerprint density at radius 1 is 0.310 bits per heavy atom. The van der Waals surface area contributed by atoms with Gasteiger partial charge in [0.1, 0.15) is 0 Å². The number of methoxy groups -OCH3 is 12. The Morgan fingerprint density at radius 2 is 0.648 bits per heavy atom. The van der Waals surface area contributed by atoms with Crippen molar-refractivity contribution in [3.8, 4) is 147 Å². The van der Waals surface area contributed by atoms with Gasteiger partial charge >= 0.3 is 33.6 Å². The topological polar surface area (TPSA) is 222 Å². The maximum Gasteiger partial charge on any atom is 2.00 e. The molecule has 145 heavy (non-hydrogen) atoms. The molecule has 0 fully saturated rings. The number of anilines is 3. The van der Waals surface area contributed by atoms with Crippen molar-refractivity contribution in [2.75, 3.05) is 90.2 Å². The molecule has 0 spiro atoms. The molecular weight excluding hydrogens is 1900 g/mol. The molecule has 0 amide bonds. The maximum atomic E-state index is 6.19. The van der Waals surface area contributed by atoms with E-state index < -0.39 is 5.41 Å². The molecule has 23 heteroatoms. The molecule has 736 valence electrons.